The average molecular weight is 267 g/mol. The van der Waals surface area contributed by atoms with E-state index in [4.69, 9.17) is 0 Å². The van der Waals surface area contributed by atoms with Crippen molar-refractivity contribution in [3.05, 3.63) is 35.1 Å². The summed E-state index contributed by atoms with van der Waals surface area (Å²) in [6.07, 6.45) is 2.98. The molecule has 0 aromatic heterocycles. The predicted molar refractivity (Wildman–Crippen MR) is 72.7 cm³/mol. The van der Waals surface area contributed by atoms with Crippen molar-refractivity contribution in [1.29, 1.82) is 0 Å². The Bertz CT molecular complexity index is 449. The third-order valence-electron chi connectivity index (χ3n) is 3.37. The predicted octanol–water partition coefficient (Wildman–Crippen LogP) is 2.96. The SMILES string of the molecule is CSCc1cc(F)ccc1CNC(=O)[C@H]1C[C@H]1C. The summed E-state index contributed by atoms with van der Waals surface area (Å²) in [5.41, 5.74) is 1.97. The second kappa shape index (κ2) is 5.74. The van der Waals surface area contributed by atoms with Crippen LogP contribution in [0.4, 0.5) is 4.39 Å². The number of thioether (sulfide) groups is 1. The van der Waals surface area contributed by atoms with Gasteiger partial charge in [0.15, 0.2) is 0 Å². The molecule has 0 saturated heterocycles. The highest BCUT2D eigenvalue weighted by Crippen LogP contribution is 2.37. The molecule has 0 unspecified atom stereocenters. The number of hydrogen-bond acceptors (Lipinski definition) is 2. The van der Waals surface area contributed by atoms with E-state index in [2.05, 4.69) is 12.2 Å². The summed E-state index contributed by atoms with van der Waals surface area (Å²) in [6.45, 7) is 2.58. The molecule has 1 aromatic carbocycles. The molecule has 0 heterocycles. The summed E-state index contributed by atoms with van der Waals surface area (Å²) in [6, 6.07) is 4.76. The quantitative estimate of drug-likeness (QED) is 0.888. The lowest BCUT2D eigenvalue weighted by atomic mass is 10.1. The highest BCUT2D eigenvalue weighted by atomic mass is 32.2. The highest BCUT2D eigenvalue weighted by Gasteiger charge is 2.38. The number of carbonyl (C=O) groups excluding carboxylic acids is 1. The van der Waals surface area contributed by atoms with Crippen LogP contribution < -0.4 is 5.32 Å². The van der Waals surface area contributed by atoms with E-state index >= 15 is 0 Å². The number of amides is 1. The minimum absolute atomic E-state index is 0.127. The standard InChI is InChI=1S/C14H18FNOS/c1-9-5-13(9)14(17)16-7-10-3-4-12(15)6-11(10)8-18-2/h3-4,6,9,13H,5,7-8H2,1-2H3,(H,16,17)/t9-,13+/m1/s1. The molecule has 4 heteroatoms. The Morgan fingerprint density at radius 2 is 2.22 bits per heavy atom. The molecule has 1 aromatic rings. The fourth-order valence-electron chi connectivity index (χ4n) is 2.06. The molecule has 1 amide bonds. The maximum atomic E-state index is 13.2. The van der Waals surface area contributed by atoms with Gasteiger partial charge in [-0.15, -0.1) is 0 Å². The minimum Gasteiger partial charge on any atom is -0.352 e. The number of rotatable bonds is 5. The Morgan fingerprint density at radius 1 is 1.50 bits per heavy atom. The first-order chi connectivity index (χ1) is 8.61. The number of benzene rings is 1. The van der Waals surface area contributed by atoms with E-state index in [-0.39, 0.29) is 17.6 Å². The van der Waals surface area contributed by atoms with Crippen LogP contribution in [0.3, 0.4) is 0 Å². The van der Waals surface area contributed by atoms with Crippen LogP contribution in [-0.2, 0) is 17.1 Å². The molecule has 1 saturated carbocycles. The van der Waals surface area contributed by atoms with Crippen LogP contribution in [0.2, 0.25) is 0 Å². The van der Waals surface area contributed by atoms with E-state index in [1.165, 1.54) is 6.07 Å². The van der Waals surface area contributed by atoms with Gasteiger partial charge in [0.25, 0.3) is 0 Å². The van der Waals surface area contributed by atoms with Gasteiger partial charge in [0.05, 0.1) is 0 Å². The van der Waals surface area contributed by atoms with Gasteiger partial charge in [0, 0.05) is 18.2 Å². The van der Waals surface area contributed by atoms with Crippen LogP contribution in [0.1, 0.15) is 24.5 Å². The molecule has 1 aliphatic rings. The fraction of sp³-hybridized carbons (Fsp3) is 0.500. The third kappa shape index (κ3) is 3.25. The Hall–Kier alpha value is -1.03. The van der Waals surface area contributed by atoms with Crippen LogP contribution in [-0.4, -0.2) is 12.2 Å². The highest BCUT2D eigenvalue weighted by molar-refractivity contribution is 7.97. The van der Waals surface area contributed by atoms with E-state index in [9.17, 15) is 9.18 Å². The number of hydrogen-bond donors (Lipinski definition) is 1. The Morgan fingerprint density at radius 3 is 2.83 bits per heavy atom. The maximum Gasteiger partial charge on any atom is 0.223 e. The van der Waals surface area contributed by atoms with Crippen LogP contribution >= 0.6 is 11.8 Å². The molecule has 1 fully saturated rings. The van der Waals surface area contributed by atoms with Crippen molar-refractivity contribution in [2.75, 3.05) is 6.26 Å². The van der Waals surface area contributed by atoms with Gasteiger partial charge in [0.1, 0.15) is 5.82 Å². The molecule has 1 N–H and O–H groups in total. The molecule has 18 heavy (non-hydrogen) atoms. The largest absolute Gasteiger partial charge is 0.352 e. The number of nitrogens with one attached hydrogen (secondary N) is 1. The van der Waals surface area contributed by atoms with Crippen molar-refractivity contribution in [1.82, 2.24) is 5.32 Å². The zero-order valence-corrected chi connectivity index (χ0v) is 11.5. The molecule has 0 radical (unpaired) electrons. The summed E-state index contributed by atoms with van der Waals surface area (Å²) in [5.74, 6) is 1.38. The zero-order valence-electron chi connectivity index (χ0n) is 10.7. The Balaban J connectivity index is 1.97. The van der Waals surface area contributed by atoms with Crippen molar-refractivity contribution in [2.24, 2.45) is 11.8 Å². The van der Waals surface area contributed by atoms with Crippen molar-refractivity contribution >= 4 is 17.7 Å². The third-order valence-corrected chi connectivity index (χ3v) is 3.97. The first kappa shape index (κ1) is 13.4. The lowest BCUT2D eigenvalue weighted by Gasteiger charge is -2.10. The smallest absolute Gasteiger partial charge is 0.223 e. The molecule has 0 spiro atoms. The molecule has 98 valence electrons. The first-order valence-corrected chi connectivity index (χ1v) is 7.55. The molecule has 2 atom stereocenters. The normalized spacial score (nSPS) is 21.7. The van der Waals surface area contributed by atoms with Crippen LogP contribution in [0.15, 0.2) is 18.2 Å². The lowest BCUT2D eigenvalue weighted by molar-refractivity contribution is -0.122. The van der Waals surface area contributed by atoms with Crippen molar-refractivity contribution in [3.63, 3.8) is 0 Å². The Labute approximate surface area is 111 Å². The molecular formula is C14H18FNOS. The van der Waals surface area contributed by atoms with E-state index < -0.39 is 0 Å². The van der Waals surface area contributed by atoms with Crippen molar-refractivity contribution in [2.45, 2.75) is 25.6 Å². The molecule has 1 aliphatic carbocycles. The zero-order chi connectivity index (χ0) is 13.1. The molecule has 0 aliphatic heterocycles. The van der Waals surface area contributed by atoms with Gasteiger partial charge in [-0.1, -0.05) is 13.0 Å². The van der Waals surface area contributed by atoms with Crippen molar-refractivity contribution < 1.29 is 9.18 Å². The van der Waals surface area contributed by atoms with Gasteiger partial charge < -0.3 is 5.32 Å². The molecule has 0 bridgehead atoms. The van der Waals surface area contributed by atoms with E-state index in [0.29, 0.717) is 12.5 Å². The van der Waals surface area contributed by atoms with Gasteiger partial charge in [-0.3, -0.25) is 4.79 Å². The Kier molecular flexibility index (Phi) is 4.27. The summed E-state index contributed by atoms with van der Waals surface area (Å²) in [5, 5.41) is 2.94. The lowest BCUT2D eigenvalue weighted by Crippen LogP contribution is -2.25. The summed E-state index contributed by atoms with van der Waals surface area (Å²) in [7, 11) is 0. The number of carbonyl (C=O) groups is 1. The number of halogens is 1. The fourth-order valence-corrected chi connectivity index (χ4v) is 2.64. The van der Waals surface area contributed by atoms with Gasteiger partial charge in [-0.25, -0.2) is 4.39 Å². The molecule has 2 rings (SSSR count). The van der Waals surface area contributed by atoms with Gasteiger partial charge in [-0.2, -0.15) is 11.8 Å². The van der Waals surface area contributed by atoms with E-state index in [1.807, 2.05) is 6.26 Å². The van der Waals surface area contributed by atoms with Gasteiger partial charge in [-0.05, 0) is 41.9 Å². The second-order valence-electron chi connectivity index (χ2n) is 4.88. The van der Waals surface area contributed by atoms with Gasteiger partial charge >= 0.3 is 0 Å². The average Bonchev–Trinajstić information content (AvgIpc) is 3.05. The molecular weight excluding hydrogens is 249 g/mol. The van der Waals surface area contributed by atoms with Gasteiger partial charge in [0.2, 0.25) is 5.91 Å². The molecule has 2 nitrogen and oxygen atoms in total. The van der Waals surface area contributed by atoms with Crippen LogP contribution in [0.5, 0.6) is 0 Å². The monoisotopic (exact) mass is 267 g/mol. The second-order valence-corrected chi connectivity index (χ2v) is 5.75. The summed E-state index contributed by atoms with van der Waals surface area (Å²) < 4.78 is 13.2. The minimum atomic E-state index is -0.218. The van der Waals surface area contributed by atoms with Crippen LogP contribution in [0.25, 0.3) is 0 Å². The maximum absolute atomic E-state index is 13.2. The van der Waals surface area contributed by atoms with E-state index in [1.54, 1.807) is 23.9 Å². The first-order valence-electron chi connectivity index (χ1n) is 6.15. The van der Waals surface area contributed by atoms with E-state index in [0.717, 1.165) is 23.3 Å². The van der Waals surface area contributed by atoms with Crippen LogP contribution in [0, 0.1) is 17.7 Å². The summed E-state index contributed by atoms with van der Waals surface area (Å²) >= 11 is 1.65. The topological polar surface area (TPSA) is 29.1 Å². The van der Waals surface area contributed by atoms with Crippen molar-refractivity contribution in [3.8, 4) is 0 Å². The summed E-state index contributed by atoms with van der Waals surface area (Å²) in [4.78, 5) is 11.7.